The monoisotopic (exact) mass is 229 g/mol. The normalized spacial score (nSPS) is 9.71. The largest absolute Gasteiger partial charge is 0.465 e. The number of rotatable bonds is 3. The Bertz CT molecular complexity index is 494. The fourth-order valence-electron chi connectivity index (χ4n) is 1.31. The van der Waals surface area contributed by atoms with E-state index in [0.29, 0.717) is 17.2 Å². The van der Waals surface area contributed by atoms with Gasteiger partial charge in [-0.3, -0.25) is 0 Å². The van der Waals surface area contributed by atoms with Crippen molar-refractivity contribution in [2.24, 2.45) is 0 Å². The highest BCUT2D eigenvalue weighted by molar-refractivity contribution is 5.89. The van der Waals surface area contributed by atoms with Crippen LogP contribution in [-0.2, 0) is 4.74 Å². The molecule has 4 nitrogen and oxygen atoms in total. The summed E-state index contributed by atoms with van der Waals surface area (Å²) in [5, 5.41) is 0. The first-order valence-electron chi connectivity index (χ1n) is 5.07. The molecule has 4 heteroatoms. The summed E-state index contributed by atoms with van der Waals surface area (Å²) >= 11 is 0. The maximum Gasteiger partial charge on any atom is 0.337 e. The number of carbonyl (C=O) groups excluding carboxylic acids is 1. The smallest absolute Gasteiger partial charge is 0.337 e. The molecule has 0 bridgehead atoms. The van der Waals surface area contributed by atoms with Gasteiger partial charge in [0.25, 0.3) is 0 Å². The number of hydrogen-bond donors (Lipinski definition) is 0. The van der Waals surface area contributed by atoms with Crippen molar-refractivity contribution in [1.29, 1.82) is 0 Å². The summed E-state index contributed by atoms with van der Waals surface area (Å²) in [5.41, 5.74) is 0.487. The molecule has 0 atom stereocenters. The van der Waals surface area contributed by atoms with Crippen LogP contribution in [0.1, 0.15) is 10.4 Å². The highest BCUT2D eigenvalue weighted by Crippen LogP contribution is 2.19. The minimum absolute atomic E-state index is 0.366. The molecule has 0 fully saturated rings. The molecule has 2 aromatic rings. The second-order valence-corrected chi connectivity index (χ2v) is 3.29. The molecule has 0 radical (unpaired) electrons. The first kappa shape index (κ1) is 11.1. The van der Waals surface area contributed by atoms with Crippen molar-refractivity contribution < 1.29 is 14.3 Å². The van der Waals surface area contributed by atoms with E-state index in [1.54, 1.807) is 36.5 Å². The summed E-state index contributed by atoms with van der Waals surface area (Å²) in [6, 6.07) is 12.1. The molecule has 2 rings (SSSR count). The average Bonchev–Trinajstić information content (AvgIpc) is 2.40. The molecule has 0 N–H and O–H groups in total. The van der Waals surface area contributed by atoms with E-state index in [1.807, 2.05) is 12.1 Å². The predicted octanol–water partition coefficient (Wildman–Crippen LogP) is 2.66. The second kappa shape index (κ2) is 5.12. The molecule has 0 amide bonds. The van der Waals surface area contributed by atoms with Crippen LogP contribution in [0.15, 0.2) is 48.7 Å². The summed E-state index contributed by atoms with van der Waals surface area (Å²) in [6.45, 7) is 0. The molecule has 0 saturated carbocycles. The van der Waals surface area contributed by atoms with Crippen molar-refractivity contribution in [3.05, 3.63) is 54.2 Å². The molecular weight excluding hydrogens is 218 g/mol. The van der Waals surface area contributed by atoms with Crippen molar-refractivity contribution in [3.63, 3.8) is 0 Å². The number of aromatic nitrogens is 1. The topological polar surface area (TPSA) is 48.4 Å². The van der Waals surface area contributed by atoms with Gasteiger partial charge in [0.05, 0.1) is 12.7 Å². The minimum Gasteiger partial charge on any atom is -0.465 e. The number of carbonyl (C=O) groups is 1. The maximum absolute atomic E-state index is 11.2. The van der Waals surface area contributed by atoms with Crippen LogP contribution in [0.3, 0.4) is 0 Å². The summed E-state index contributed by atoms with van der Waals surface area (Å²) in [4.78, 5) is 15.2. The van der Waals surface area contributed by atoms with Gasteiger partial charge in [-0.05, 0) is 30.3 Å². The first-order chi connectivity index (χ1) is 8.29. The zero-order chi connectivity index (χ0) is 12.1. The van der Waals surface area contributed by atoms with Crippen LogP contribution in [0.25, 0.3) is 0 Å². The Morgan fingerprint density at radius 1 is 1.12 bits per heavy atom. The van der Waals surface area contributed by atoms with E-state index in [0.717, 1.165) is 0 Å². The van der Waals surface area contributed by atoms with Crippen molar-refractivity contribution in [2.75, 3.05) is 7.11 Å². The summed E-state index contributed by atoms with van der Waals surface area (Å²) < 4.78 is 10.1. The molecule has 0 unspecified atom stereocenters. The number of hydrogen-bond acceptors (Lipinski definition) is 4. The Hall–Kier alpha value is -2.36. The molecule has 1 heterocycles. The lowest BCUT2D eigenvalue weighted by atomic mass is 10.2. The Balaban J connectivity index is 2.11. The van der Waals surface area contributed by atoms with Gasteiger partial charge in [0.1, 0.15) is 5.75 Å². The van der Waals surface area contributed by atoms with Crippen LogP contribution in [0.2, 0.25) is 0 Å². The first-order valence-corrected chi connectivity index (χ1v) is 5.07. The Kier molecular flexibility index (Phi) is 3.35. The minimum atomic E-state index is -0.366. The number of esters is 1. The van der Waals surface area contributed by atoms with E-state index in [4.69, 9.17) is 4.74 Å². The van der Waals surface area contributed by atoms with E-state index < -0.39 is 0 Å². The van der Waals surface area contributed by atoms with Crippen LogP contribution in [0.5, 0.6) is 11.6 Å². The Morgan fingerprint density at radius 3 is 2.47 bits per heavy atom. The molecule has 17 heavy (non-hydrogen) atoms. The Labute approximate surface area is 98.8 Å². The lowest BCUT2D eigenvalue weighted by molar-refractivity contribution is 0.0600. The van der Waals surface area contributed by atoms with Gasteiger partial charge in [-0.1, -0.05) is 6.07 Å². The molecule has 0 spiro atoms. The third-order valence-electron chi connectivity index (χ3n) is 2.14. The summed E-state index contributed by atoms with van der Waals surface area (Å²) in [6.07, 6.45) is 1.65. The number of pyridine rings is 1. The zero-order valence-corrected chi connectivity index (χ0v) is 9.29. The maximum atomic E-state index is 11.2. The van der Waals surface area contributed by atoms with E-state index >= 15 is 0 Å². The van der Waals surface area contributed by atoms with E-state index in [9.17, 15) is 4.79 Å². The summed E-state index contributed by atoms with van der Waals surface area (Å²) in [5.74, 6) is 0.768. The number of nitrogens with zero attached hydrogens (tertiary/aromatic N) is 1. The number of benzene rings is 1. The van der Waals surface area contributed by atoms with Gasteiger partial charge in [0.15, 0.2) is 0 Å². The van der Waals surface area contributed by atoms with Crippen LogP contribution >= 0.6 is 0 Å². The molecule has 1 aromatic heterocycles. The number of methoxy groups -OCH3 is 1. The molecule has 0 aliphatic heterocycles. The van der Waals surface area contributed by atoms with Crippen LogP contribution < -0.4 is 4.74 Å². The van der Waals surface area contributed by atoms with Gasteiger partial charge in [-0.2, -0.15) is 0 Å². The van der Waals surface area contributed by atoms with Crippen molar-refractivity contribution >= 4 is 5.97 Å². The lowest BCUT2D eigenvalue weighted by Gasteiger charge is -2.04. The summed E-state index contributed by atoms with van der Waals surface area (Å²) in [7, 11) is 1.35. The lowest BCUT2D eigenvalue weighted by Crippen LogP contribution is -2.00. The van der Waals surface area contributed by atoms with E-state index in [1.165, 1.54) is 7.11 Å². The third-order valence-corrected chi connectivity index (χ3v) is 2.14. The zero-order valence-electron chi connectivity index (χ0n) is 9.29. The predicted molar refractivity (Wildman–Crippen MR) is 62.1 cm³/mol. The van der Waals surface area contributed by atoms with Gasteiger partial charge >= 0.3 is 5.97 Å². The third kappa shape index (κ3) is 2.81. The molecule has 0 saturated heterocycles. The van der Waals surface area contributed by atoms with Crippen molar-refractivity contribution in [2.45, 2.75) is 0 Å². The van der Waals surface area contributed by atoms with Crippen LogP contribution in [0.4, 0.5) is 0 Å². The van der Waals surface area contributed by atoms with Gasteiger partial charge < -0.3 is 9.47 Å². The van der Waals surface area contributed by atoms with E-state index in [2.05, 4.69) is 9.72 Å². The van der Waals surface area contributed by atoms with E-state index in [-0.39, 0.29) is 5.97 Å². The SMILES string of the molecule is COC(=O)c1ccc(Oc2ccccn2)cc1. The Morgan fingerprint density at radius 2 is 1.88 bits per heavy atom. The van der Waals surface area contributed by atoms with Crippen molar-refractivity contribution in [1.82, 2.24) is 4.98 Å². The average molecular weight is 229 g/mol. The molecule has 1 aromatic carbocycles. The van der Waals surface area contributed by atoms with Gasteiger partial charge in [0.2, 0.25) is 5.88 Å². The van der Waals surface area contributed by atoms with Gasteiger partial charge in [-0.25, -0.2) is 9.78 Å². The molecular formula is C13H11NO3. The standard InChI is InChI=1S/C13H11NO3/c1-16-13(15)10-5-7-11(8-6-10)17-12-4-2-3-9-14-12/h2-9H,1H3. The number of ether oxygens (including phenoxy) is 2. The van der Waals surface area contributed by atoms with Gasteiger partial charge in [-0.15, -0.1) is 0 Å². The van der Waals surface area contributed by atoms with Crippen LogP contribution in [0, 0.1) is 0 Å². The fourth-order valence-corrected chi connectivity index (χ4v) is 1.31. The highest BCUT2D eigenvalue weighted by atomic mass is 16.5. The molecule has 0 aliphatic rings. The quantitative estimate of drug-likeness (QED) is 0.759. The molecule has 0 aliphatic carbocycles. The molecule has 86 valence electrons. The second-order valence-electron chi connectivity index (χ2n) is 3.29. The van der Waals surface area contributed by atoms with Crippen molar-refractivity contribution in [3.8, 4) is 11.6 Å². The van der Waals surface area contributed by atoms with Crippen LogP contribution in [-0.4, -0.2) is 18.1 Å². The fraction of sp³-hybridized carbons (Fsp3) is 0.0769. The highest BCUT2D eigenvalue weighted by Gasteiger charge is 2.05. The van der Waals surface area contributed by atoms with Gasteiger partial charge in [0, 0.05) is 12.3 Å².